The fraction of sp³-hybridized carbons (Fsp3) is 0.412. The Bertz CT molecular complexity index is 592. The Labute approximate surface area is 125 Å². The zero-order chi connectivity index (χ0) is 14.1. The molecule has 1 heterocycles. The van der Waals surface area contributed by atoms with Gasteiger partial charge in [0.15, 0.2) is 0 Å². The van der Waals surface area contributed by atoms with Crippen LogP contribution in [0.1, 0.15) is 49.3 Å². The van der Waals surface area contributed by atoms with Gasteiger partial charge in [-0.3, -0.25) is 0 Å². The molecule has 0 radical (unpaired) electrons. The average Bonchev–Trinajstić information content (AvgIpc) is 3.00. The molecule has 3 rings (SSSR count). The summed E-state index contributed by atoms with van der Waals surface area (Å²) in [7, 11) is 0. The van der Waals surface area contributed by atoms with E-state index in [1.54, 1.807) is 0 Å². The molecule has 1 N–H and O–H groups in total. The van der Waals surface area contributed by atoms with Crippen molar-refractivity contribution in [2.75, 3.05) is 0 Å². The molecular formula is C17H20ClNO. The standard InChI is InChI=1S/C17H20ClNO/c1-11-9-15(11)17-8-7-13(20-17)10-19-12(2)14-5-3-4-6-16(14)18/h3-8,11-12,15,19H,9-10H2,1-2H3/t11?,12-,15?/m0/s1. The van der Waals surface area contributed by atoms with Crippen molar-refractivity contribution in [1.29, 1.82) is 0 Å². The van der Waals surface area contributed by atoms with Gasteiger partial charge in [-0.05, 0) is 43.0 Å². The molecule has 1 aromatic carbocycles. The van der Waals surface area contributed by atoms with Crippen molar-refractivity contribution in [3.8, 4) is 0 Å². The van der Waals surface area contributed by atoms with Crippen molar-refractivity contribution < 1.29 is 4.42 Å². The highest BCUT2D eigenvalue weighted by molar-refractivity contribution is 6.31. The second-order valence-electron chi connectivity index (χ2n) is 5.75. The lowest BCUT2D eigenvalue weighted by Crippen LogP contribution is -2.18. The number of furan rings is 1. The molecule has 0 bridgehead atoms. The quantitative estimate of drug-likeness (QED) is 0.846. The van der Waals surface area contributed by atoms with E-state index in [1.165, 1.54) is 6.42 Å². The molecule has 0 saturated heterocycles. The molecule has 3 heteroatoms. The largest absolute Gasteiger partial charge is 0.464 e. The summed E-state index contributed by atoms with van der Waals surface area (Å²) in [5.41, 5.74) is 1.12. The van der Waals surface area contributed by atoms with Crippen LogP contribution in [-0.2, 0) is 6.54 Å². The van der Waals surface area contributed by atoms with Gasteiger partial charge in [0.25, 0.3) is 0 Å². The molecule has 0 amide bonds. The Morgan fingerprint density at radius 1 is 1.30 bits per heavy atom. The zero-order valence-corrected chi connectivity index (χ0v) is 12.7. The summed E-state index contributed by atoms with van der Waals surface area (Å²) in [5, 5.41) is 4.27. The monoisotopic (exact) mass is 289 g/mol. The second kappa shape index (κ2) is 5.63. The van der Waals surface area contributed by atoms with Gasteiger partial charge in [0, 0.05) is 17.0 Å². The Balaban J connectivity index is 1.59. The Morgan fingerprint density at radius 3 is 2.75 bits per heavy atom. The topological polar surface area (TPSA) is 25.2 Å². The number of benzene rings is 1. The van der Waals surface area contributed by atoms with E-state index in [4.69, 9.17) is 16.0 Å². The number of nitrogens with one attached hydrogen (secondary N) is 1. The molecule has 1 aliphatic rings. The van der Waals surface area contributed by atoms with Gasteiger partial charge < -0.3 is 9.73 Å². The third-order valence-electron chi connectivity index (χ3n) is 4.11. The minimum absolute atomic E-state index is 0.206. The van der Waals surface area contributed by atoms with Crippen LogP contribution in [0.2, 0.25) is 5.02 Å². The van der Waals surface area contributed by atoms with Gasteiger partial charge >= 0.3 is 0 Å². The molecule has 3 atom stereocenters. The van der Waals surface area contributed by atoms with Gasteiger partial charge in [0.05, 0.1) is 6.54 Å². The van der Waals surface area contributed by atoms with E-state index in [-0.39, 0.29) is 6.04 Å². The lowest BCUT2D eigenvalue weighted by Gasteiger charge is -2.14. The van der Waals surface area contributed by atoms with Gasteiger partial charge in [0.2, 0.25) is 0 Å². The third-order valence-corrected chi connectivity index (χ3v) is 4.46. The molecule has 106 valence electrons. The molecule has 0 spiro atoms. The Kier molecular flexibility index (Phi) is 3.86. The maximum atomic E-state index is 6.21. The lowest BCUT2D eigenvalue weighted by molar-refractivity contribution is 0.430. The van der Waals surface area contributed by atoms with Crippen LogP contribution in [0.3, 0.4) is 0 Å². The van der Waals surface area contributed by atoms with Crippen LogP contribution in [0.15, 0.2) is 40.8 Å². The summed E-state index contributed by atoms with van der Waals surface area (Å²) in [6.45, 7) is 5.12. The normalized spacial score (nSPS) is 22.8. The first-order valence-electron chi connectivity index (χ1n) is 7.21. The average molecular weight is 290 g/mol. The summed E-state index contributed by atoms with van der Waals surface area (Å²) >= 11 is 6.21. The highest BCUT2D eigenvalue weighted by Crippen LogP contribution is 2.47. The van der Waals surface area contributed by atoms with E-state index in [0.29, 0.717) is 5.92 Å². The predicted molar refractivity (Wildman–Crippen MR) is 81.9 cm³/mol. The van der Waals surface area contributed by atoms with Crippen molar-refractivity contribution in [3.05, 3.63) is 58.5 Å². The van der Waals surface area contributed by atoms with Crippen molar-refractivity contribution >= 4 is 11.6 Å². The van der Waals surface area contributed by atoms with Gasteiger partial charge in [-0.2, -0.15) is 0 Å². The molecule has 0 aliphatic heterocycles. The molecule has 2 nitrogen and oxygen atoms in total. The van der Waals surface area contributed by atoms with Crippen LogP contribution < -0.4 is 5.32 Å². The summed E-state index contributed by atoms with van der Waals surface area (Å²) in [4.78, 5) is 0. The van der Waals surface area contributed by atoms with Crippen LogP contribution >= 0.6 is 11.6 Å². The van der Waals surface area contributed by atoms with Crippen LogP contribution in [0.25, 0.3) is 0 Å². The fourth-order valence-corrected chi connectivity index (χ4v) is 2.90. The van der Waals surface area contributed by atoms with Crippen molar-refractivity contribution in [2.45, 2.75) is 38.8 Å². The van der Waals surface area contributed by atoms with Crippen molar-refractivity contribution in [2.24, 2.45) is 5.92 Å². The second-order valence-corrected chi connectivity index (χ2v) is 6.15. The van der Waals surface area contributed by atoms with Gasteiger partial charge in [-0.25, -0.2) is 0 Å². The Morgan fingerprint density at radius 2 is 2.05 bits per heavy atom. The minimum Gasteiger partial charge on any atom is -0.464 e. The van der Waals surface area contributed by atoms with E-state index in [2.05, 4.69) is 37.4 Å². The van der Waals surface area contributed by atoms with Gasteiger partial charge in [-0.1, -0.05) is 36.7 Å². The number of halogens is 1. The summed E-state index contributed by atoms with van der Waals surface area (Å²) < 4.78 is 5.90. The molecule has 2 aromatic rings. The molecule has 1 fully saturated rings. The van der Waals surface area contributed by atoms with Crippen LogP contribution in [0.4, 0.5) is 0 Å². The molecule has 1 aromatic heterocycles. The van der Waals surface area contributed by atoms with Crippen LogP contribution in [-0.4, -0.2) is 0 Å². The highest BCUT2D eigenvalue weighted by Gasteiger charge is 2.36. The van der Waals surface area contributed by atoms with Crippen LogP contribution in [0, 0.1) is 5.92 Å². The number of hydrogen-bond acceptors (Lipinski definition) is 2. The Hall–Kier alpha value is -1.25. The maximum absolute atomic E-state index is 6.21. The third kappa shape index (κ3) is 2.92. The first kappa shape index (κ1) is 13.7. The smallest absolute Gasteiger partial charge is 0.117 e. The van der Waals surface area contributed by atoms with E-state index < -0.39 is 0 Å². The maximum Gasteiger partial charge on any atom is 0.117 e. The van der Waals surface area contributed by atoms with Gasteiger partial charge in [-0.15, -0.1) is 0 Å². The first-order chi connectivity index (χ1) is 9.65. The number of rotatable bonds is 5. The van der Waals surface area contributed by atoms with E-state index >= 15 is 0 Å². The molecule has 20 heavy (non-hydrogen) atoms. The van der Waals surface area contributed by atoms with Crippen LogP contribution in [0.5, 0.6) is 0 Å². The summed E-state index contributed by atoms with van der Waals surface area (Å²) in [6.07, 6.45) is 1.26. The summed E-state index contributed by atoms with van der Waals surface area (Å²) in [5.74, 6) is 3.56. The fourth-order valence-electron chi connectivity index (χ4n) is 2.60. The first-order valence-corrected chi connectivity index (χ1v) is 7.59. The predicted octanol–water partition coefficient (Wildman–Crippen LogP) is 4.91. The molecule has 2 unspecified atom stereocenters. The minimum atomic E-state index is 0.206. The zero-order valence-electron chi connectivity index (χ0n) is 11.9. The van der Waals surface area contributed by atoms with Crippen molar-refractivity contribution in [3.63, 3.8) is 0 Å². The van der Waals surface area contributed by atoms with E-state index in [0.717, 1.165) is 34.6 Å². The van der Waals surface area contributed by atoms with E-state index in [1.807, 2.05) is 18.2 Å². The summed E-state index contributed by atoms with van der Waals surface area (Å²) in [6, 6.07) is 12.3. The molecule has 1 saturated carbocycles. The lowest BCUT2D eigenvalue weighted by atomic mass is 10.1. The molecule has 1 aliphatic carbocycles. The van der Waals surface area contributed by atoms with E-state index in [9.17, 15) is 0 Å². The highest BCUT2D eigenvalue weighted by atomic mass is 35.5. The molecular weight excluding hydrogens is 270 g/mol. The SMILES string of the molecule is CC1CC1c1ccc(CN[C@@H](C)c2ccccc2Cl)o1. The van der Waals surface area contributed by atoms with Crippen molar-refractivity contribution in [1.82, 2.24) is 5.32 Å². The number of hydrogen-bond donors (Lipinski definition) is 1. The van der Waals surface area contributed by atoms with Gasteiger partial charge in [0.1, 0.15) is 11.5 Å².